The Bertz CT molecular complexity index is 556. The lowest BCUT2D eigenvalue weighted by molar-refractivity contribution is 0.0738. The average Bonchev–Trinajstić information content (AvgIpc) is 2.90. The number of carbonyl (C=O) groups excluding carboxylic acids is 1. The number of carbonyl (C=O) groups is 1. The molecule has 1 amide bonds. The summed E-state index contributed by atoms with van der Waals surface area (Å²) in [6.45, 7) is 1.95. The molecule has 0 spiro atoms. The van der Waals surface area contributed by atoms with Crippen LogP contribution in [0.2, 0.25) is 0 Å². The number of nitrogens with zero attached hydrogens (tertiary/aromatic N) is 2. The first-order valence-electron chi connectivity index (χ1n) is 5.99. The highest BCUT2D eigenvalue weighted by molar-refractivity contribution is 7.09. The van der Waals surface area contributed by atoms with Gasteiger partial charge in [-0.25, -0.2) is 4.98 Å². The molecule has 0 saturated heterocycles. The minimum Gasteiger partial charge on any atom is -0.338 e. The van der Waals surface area contributed by atoms with E-state index >= 15 is 0 Å². The fourth-order valence-corrected chi connectivity index (χ4v) is 2.62. The normalized spacial score (nSPS) is 12.2. The van der Waals surface area contributed by atoms with E-state index in [9.17, 15) is 9.18 Å². The molecule has 100 valence electrons. The summed E-state index contributed by atoms with van der Waals surface area (Å²) in [5.74, 6) is -1.06. The SMILES string of the molecule is CC(Cc1cccs1)N(C)C(=O)c1cccnc1F. The third-order valence-electron chi connectivity index (χ3n) is 3.05. The molecule has 0 aliphatic carbocycles. The van der Waals surface area contributed by atoms with Crippen LogP contribution in [0, 0.1) is 5.95 Å². The Morgan fingerprint density at radius 1 is 1.47 bits per heavy atom. The van der Waals surface area contributed by atoms with Crippen LogP contribution in [0.15, 0.2) is 35.8 Å². The molecule has 0 fully saturated rings. The first-order valence-corrected chi connectivity index (χ1v) is 6.87. The summed E-state index contributed by atoms with van der Waals surface area (Å²) < 4.78 is 13.5. The van der Waals surface area contributed by atoms with Crippen LogP contribution in [-0.2, 0) is 6.42 Å². The smallest absolute Gasteiger partial charge is 0.258 e. The molecule has 19 heavy (non-hydrogen) atoms. The number of rotatable bonds is 4. The van der Waals surface area contributed by atoms with Crippen LogP contribution in [0.25, 0.3) is 0 Å². The first-order chi connectivity index (χ1) is 9.09. The number of aromatic nitrogens is 1. The maximum Gasteiger partial charge on any atom is 0.258 e. The molecule has 1 unspecified atom stereocenters. The number of amides is 1. The van der Waals surface area contributed by atoms with Gasteiger partial charge in [0.2, 0.25) is 5.95 Å². The van der Waals surface area contributed by atoms with Crippen LogP contribution in [0.5, 0.6) is 0 Å². The molecule has 0 aliphatic rings. The average molecular weight is 278 g/mol. The molecule has 2 rings (SSSR count). The lowest BCUT2D eigenvalue weighted by Gasteiger charge is -2.24. The molecule has 0 N–H and O–H groups in total. The van der Waals surface area contributed by atoms with Crippen LogP contribution >= 0.6 is 11.3 Å². The van der Waals surface area contributed by atoms with Crippen molar-refractivity contribution in [2.45, 2.75) is 19.4 Å². The second kappa shape index (κ2) is 5.93. The van der Waals surface area contributed by atoms with Gasteiger partial charge >= 0.3 is 0 Å². The molecular weight excluding hydrogens is 263 g/mol. The molecule has 0 radical (unpaired) electrons. The van der Waals surface area contributed by atoms with E-state index in [4.69, 9.17) is 0 Å². The van der Waals surface area contributed by atoms with Gasteiger partial charge in [-0.3, -0.25) is 4.79 Å². The zero-order chi connectivity index (χ0) is 13.8. The molecule has 3 nitrogen and oxygen atoms in total. The van der Waals surface area contributed by atoms with Crippen LogP contribution in [-0.4, -0.2) is 28.9 Å². The van der Waals surface area contributed by atoms with Gasteiger partial charge in [0.15, 0.2) is 0 Å². The van der Waals surface area contributed by atoms with Crippen molar-refractivity contribution >= 4 is 17.2 Å². The fraction of sp³-hybridized carbons (Fsp3) is 0.286. The summed E-state index contributed by atoms with van der Waals surface area (Å²) in [6.07, 6.45) is 2.10. The Morgan fingerprint density at radius 2 is 2.26 bits per heavy atom. The van der Waals surface area contributed by atoms with Gasteiger partial charge in [-0.15, -0.1) is 11.3 Å². The summed E-state index contributed by atoms with van der Waals surface area (Å²) >= 11 is 1.65. The van der Waals surface area contributed by atoms with Gasteiger partial charge in [-0.2, -0.15) is 4.39 Å². The zero-order valence-corrected chi connectivity index (χ0v) is 11.7. The van der Waals surface area contributed by atoms with E-state index in [1.807, 2.05) is 24.4 Å². The van der Waals surface area contributed by atoms with Gasteiger partial charge in [0.05, 0.1) is 5.56 Å². The number of pyridine rings is 1. The summed E-state index contributed by atoms with van der Waals surface area (Å²) in [5.41, 5.74) is 0.0167. The third kappa shape index (κ3) is 3.17. The Morgan fingerprint density at radius 3 is 2.89 bits per heavy atom. The molecule has 2 aromatic heterocycles. The number of hydrogen-bond donors (Lipinski definition) is 0. The predicted molar refractivity (Wildman–Crippen MR) is 73.8 cm³/mol. The van der Waals surface area contributed by atoms with Gasteiger partial charge < -0.3 is 4.90 Å². The van der Waals surface area contributed by atoms with Crippen molar-refractivity contribution in [3.63, 3.8) is 0 Å². The number of likely N-dealkylation sites (N-methyl/N-ethyl adjacent to an activating group) is 1. The van der Waals surface area contributed by atoms with E-state index in [1.165, 1.54) is 17.1 Å². The van der Waals surface area contributed by atoms with Crippen molar-refractivity contribution in [2.75, 3.05) is 7.05 Å². The molecule has 5 heteroatoms. The molecule has 0 aliphatic heterocycles. The van der Waals surface area contributed by atoms with E-state index in [0.29, 0.717) is 0 Å². The highest BCUT2D eigenvalue weighted by atomic mass is 32.1. The van der Waals surface area contributed by atoms with Crippen molar-refractivity contribution in [3.8, 4) is 0 Å². The summed E-state index contributed by atoms with van der Waals surface area (Å²) in [4.78, 5) is 18.5. The van der Waals surface area contributed by atoms with Crippen molar-refractivity contribution in [3.05, 3.63) is 52.2 Å². The quantitative estimate of drug-likeness (QED) is 0.806. The van der Waals surface area contributed by atoms with Gasteiger partial charge in [-0.05, 0) is 30.5 Å². The second-order valence-electron chi connectivity index (χ2n) is 4.39. The number of thiophene rings is 1. The summed E-state index contributed by atoms with van der Waals surface area (Å²) in [5, 5.41) is 2.00. The standard InChI is InChI=1S/C14H15FN2OS/c1-10(9-11-5-4-8-19-11)17(2)14(18)12-6-3-7-16-13(12)15/h3-8,10H,9H2,1-2H3. The van der Waals surface area contributed by atoms with E-state index in [0.717, 1.165) is 6.42 Å². The summed E-state index contributed by atoms with van der Waals surface area (Å²) in [6, 6.07) is 7.04. The lowest BCUT2D eigenvalue weighted by Crippen LogP contribution is -2.36. The van der Waals surface area contributed by atoms with Crippen molar-refractivity contribution in [1.82, 2.24) is 9.88 Å². The maximum absolute atomic E-state index is 13.5. The van der Waals surface area contributed by atoms with Crippen LogP contribution < -0.4 is 0 Å². The molecule has 2 heterocycles. The Kier molecular flexibility index (Phi) is 4.27. The van der Waals surface area contributed by atoms with Gasteiger partial charge in [0.25, 0.3) is 5.91 Å². The maximum atomic E-state index is 13.5. The Balaban J connectivity index is 2.09. The zero-order valence-electron chi connectivity index (χ0n) is 10.8. The van der Waals surface area contributed by atoms with Crippen molar-refractivity contribution in [2.24, 2.45) is 0 Å². The van der Waals surface area contributed by atoms with E-state index in [-0.39, 0.29) is 17.5 Å². The highest BCUT2D eigenvalue weighted by Gasteiger charge is 2.21. The van der Waals surface area contributed by atoms with Crippen molar-refractivity contribution < 1.29 is 9.18 Å². The van der Waals surface area contributed by atoms with Gasteiger partial charge in [0.1, 0.15) is 0 Å². The molecule has 0 bridgehead atoms. The molecule has 0 saturated carbocycles. The van der Waals surface area contributed by atoms with Crippen molar-refractivity contribution in [1.29, 1.82) is 0 Å². The van der Waals surface area contributed by atoms with Crippen LogP contribution in [0.3, 0.4) is 0 Å². The predicted octanol–water partition coefficient (Wildman–Crippen LogP) is 2.99. The molecule has 1 atom stereocenters. The lowest BCUT2D eigenvalue weighted by atomic mass is 10.1. The summed E-state index contributed by atoms with van der Waals surface area (Å²) in [7, 11) is 1.69. The molecule has 2 aromatic rings. The first kappa shape index (κ1) is 13.7. The fourth-order valence-electron chi connectivity index (χ4n) is 1.79. The van der Waals surface area contributed by atoms with E-state index in [1.54, 1.807) is 29.4 Å². The minimum atomic E-state index is -0.720. The van der Waals surface area contributed by atoms with Crippen LogP contribution in [0.4, 0.5) is 4.39 Å². The van der Waals surface area contributed by atoms with Crippen LogP contribution in [0.1, 0.15) is 22.2 Å². The van der Waals surface area contributed by atoms with E-state index in [2.05, 4.69) is 4.98 Å². The topological polar surface area (TPSA) is 33.2 Å². The Labute approximate surface area is 115 Å². The number of halogens is 1. The van der Waals surface area contributed by atoms with Gasteiger partial charge in [0, 0.05) is 30.6 Å². The largest absolute Gasteiger partial charge is 0.338 e. The molecular formula is C14H15FN2OS. The Hall–Kier alpha value is -1.75. The van der Waals surface area contributed by atoms with E-state index < -0.39 is 5.95 Å². The van der Waals surface area contributed by atoms with Gasteiger partial charge in [-0.1, -0.05) is 6.07 Å². The third-order valence-corrected chi connectivity index (χ3v) is 3.95. The number of hydrogen-bond acceptors (Lipinski definition) is 3. The monoisotopic (exact) mass is 278 g/mol. The second-order valence-corrected chi connectivity index (χ2v) is 5.42. The molecule has 0 aromatic carbocycles. The highest BCUT2D eigenvalue weighted by Crippen LogP contribution is 2.15. The minimum absolute atomic E-state index is 0.00533.